The second kappa shape index (κ2) is 31.0. The molecule has 0 spiro atoms. The van der Waals surface area contributed by atoms with Gasteiger partial charge < -0.3 is 50.7 Å². The van der Waals surface area contributed by atoms with E-state index in [1.807, 2.05) is 12.1 Å². The smallest absolute Gasteiger partial charge is 0.251 e. The molecule has 0 aliphatic rings. The van der Waals surface area contributed by atoms with Crippen molar-refractivity contribution in [3.05, 3.63) is 71.8 Å². The predicted octanol–water partition coefficient (Wildman–Crippen LogP) is 8.51. The molecule has 3 rings (SSSR count). The van der Waals surface area contributed by atoms with Crippen molar-refractivity contribution in [2.24, 2.45) is 0 Å². The lowest BCUT2D eigenvalue weighted by Gasteiger charge is -2.28. The number of carbonyl (C=O) groups is 2. The molecule has 0 saturated carbocycles. The summed E-state index contributed by atoms with van der Waals surface area (Å²) in [6.45, 7) is 1.66. The fraction of sp³-hybridized carbons (Fsp3) is 0.615. The number of carbonyl (C=O) groups excluding carboxylic acids is 2. The Morgan fingerprint density at radius 3 is 0.953 bits per heavy atom. The Morgan fingerprint density at radius 1 is 0.422 bits per heavy atom. The zero-order valence-electron chi connectivity index (χ0n) is 38.9. The monoisotopic (exact) mass is 893 g/mol. The van der Waals surface area contributed by atoms with Crippen LogP contribution in [0.1, 0.15) is 163 Å². The van der Waals surface area contributed by atoms with Gasteiger partial charge in [0.15, 0.2) is 0 Å². The van der Waals surface area contributed by atoms with E-state index in [1.165, 1.54) is 89.9 Å². The zero-order chi connectivity index (χ0) is 46.5. The van der Waals surface area contributed by atoms with E-state index in [1.54, 1.807) is 48.5 Å². The summed E-state index contributed by atoms with van der Waals surface area (Å²) < 4.78 is 13.2. The second-order valence-corrected chi connectivity index (χ2v) is 17.5. The van der Waals surface area contributed by atoms with Crippen LogP contribution < -0.4 is 20.1 Å². The van der Waals surface area contributed by atoms with Crippen molar-refractivity contribution < 1.29 is 49.7 Å². The molecule has 12 nitrogen and oxygen atoms in total. The molecule has 0 aliphatic heterocycles. The van der Waals surface area contributed by atoms with Crippen LogP contribution in [0.15, 0.2) is 60.7 Å². The van der Waals surface area contributed by atoms with Crippen LogP contribution >= 0.6 is 0 Å². The van der Waals surface area contributed by atoms with Gasteiger partial charge in [0.1, 0.15) is 22.6 Å². The maximum Gasteiger partial charge on any atom is 0.251 e. The summed E-state index contributed by atoms with van der Waals surface area (Å²) in [5.41, 5.74) is 0.512. The number of aliphatic hydroxyl groups excluding tert-OH is 6. The van der Waals surface area contributed by atoms with Gasteiger partial charge in [-0.25, -0.2) is 0 Å². The number of unbranched alkanes of at least 4 members (excludes halogenated alkanes) is 18. The summed E-state index contributed by atoms with van der Waals surface area (Å²) in [5.74, 6) is 0.136. The first-order chi connectivity index (χ1) is 31.2. The molecule has 2 amide bonds. The number of ether oxygens (including phenoxy) is 2. The maximum atomic E-state index is 13.2. The topological polar surface area (TPSA) is 198 Å². The highest BCUT2D eigenvalue weighted by Gasteiger charge is 2.31. The SMILES string of the molecule is CCCCCCCCCCCCOc1cc(-c2ccc(C(=O)NC(CO)(CO)CO)cc2)c(OCCCCCCCCCCCC)cc1-c1ccc(C(=O)NC(CO)(CO)CO)cc1. The molecule has 0 unspecified atom stereocenters. The maximum absolute atomic E-state index is 13.2. The van der Waals surface area contributed by atoms with E-state index < -0.39 is 62.5 Å². The lowest BCUT2D eigenvalue weighted by atomic mass is 9.96. The molecule has 12 heteroatoms. The molecule has 0 bridgehead atoms. The van der Waals surface area contributed by atoms with Crippen LogP contribution in [0.4, 0.5) is 0 Å². The third kappa shape index (κ3) is 18.1. The first-order valence-corrected chi connectivity index (χ1v) is 24.1. The quantitative estimate of drug-likeness (QED) is 0.0262. The summed E-state index contributed by atoms with van der Waals surface area (Å²) >= 11 is 0. The summed E-state index contributed by atoms with van der Waals surface area (Å²) in [6, 6.07) is 17.7. The van der Waals surface area contributed by atoms with Crippen LogP contribution in [0, 0.1) is 0 Å². The molecule has 0 aliphatic carbocycles. The Kier molecular flexibility index (Phi) is 26.3. The van der Waals surface area contributed by atoms with Crippen LogP contribution in [0.3, 0.4) is 0 Å². The molecule has 358 valence electrons. The van der Waals surface area contributed by atoms with E-state index in [-0.39, 0.29) is 11.1 Å². The summed E-state index contributed by atoms with van der Waals surface area (Å²) in [4.78, 5) is 26.3. The first kappa shape index (κ1) is 54.3. The van der Waals surface area contributed by atoms with Gasteiger partial charge in [0.2, 0.25) is 0 Å². The van der Waals surface area contributed by atoms with Gasteiger partial charge in [-0.3, -0.25) is 9.59 Å². The van der Waals surface area contributed by atoms with Crippen molar-refractivity contribution in [3.8, 4) is 33.8 Å². The molecule has 64 heavy (non-hydrogen) atoms. The van der Waals surface area contributed by atoms with E-state index in [0.717, 1.165) is 60.8 Å². The summed E-state index contributed by atoms with van der Waals surface area (Å²) in [7, 11) is 0. The standard InChI is InChI=1S/C52H80N2O10/c1-3-5-7-9-11-13-15-17-19-21-31-63-47-33-46(42-25-29-44(30-26-42)50(62)54-52(38-58,39-59)40-60)48(64-32-22-20-18-16-14-12-10-8-6-4-2)34-45(47)41-23-27-43(28-24-41)49(61)53-51(35-55,36-56)37-57/h23-30,33-34,55-60H,3-22,31-32,35-40H2,1-2H3,(H,53,61)(H,54,62). The van der Waals surface area contributed by atoms with Crippen LogP contribution in [0.2, 0.25) is 0 Å². The molecule has 0 atom stereocenters. The van der Waals surface area contributed by atoms with E-state index >= 15 is 0 Å². The Morgan fingerprint density at radius 2 is 0.688 bits per heavy atom. The van der Waals surface area contributed by atoms with Gasteiger partial charge in [-0.05, 0) is 60.4 Å². The molecule has 0 aromatic heterocycles. The minimum absolute atomic E-state index is 0.281. The highest BCUT2D eigenvalue weighted by Crippen LogP contribution is 2.42. The third-order valence-electron chi connectivity index (χ3n) is 12.1. The normalized spacial score (nSPS) is 11.8. The van der Waals surface area contributed by atoms with Gasteiger partial charge in [0.05, 0.1) is 52.9 Å². The van der Waals surface area contributed by atoms with Gasteiger partial charge in [-0.2, -0.15) is 0 Å². The van der Waals surface area contributed by atoms with Gasteiger partial charge in [0, 0.05) is 22.3 Å². The average molecular weight is 893 g/mol. The lowest BCUT2D eigenvalue weighted by Crippen LogP contribution is -2.57. The molecule has 8 N–H and O–H groups in total. The minimum Gasteiger partial charge on any atom is -0.493 e. The van der Waals surface area contributed by atoms with E-state index in [2.05, 4.69) is 24.5 Å². The molecule has 0 fully saturated rings. The fourth-order valence-corrected chi connectivity index (χ4v) is 7.56. The molecule has 0 saturated heterocycles. The van der Waals surface area contributed by atoms with E-state index in [0.29, 0.717) is 24.7 Å². The molecular formula is C52H80N2O10. The van der Waals surface area contributed by atoms with Crippen molar-refractivity contribution in [3.63, 3.8) is 0 Å². The van der Waals surface area contributed by atoms with Crippen molar-refractivity contribution in [2.75, 3.05) is 52.9 Å². The number of benzene rings is 3. The largest absolute Gasteiger partial charge is 0.493 e. The Labute approximate surface area is 382 Å². The van der Waals surface area contributed by atoms with Crippen LogP contribution in [0.5, 0.6) is 11.5 Å². The fourth-order valence-electron chi connectivity index (χ4n) is 7.56. The minimum atomic E-state index is -1.56. The van der Waals surface area contributed by atoms with Crippen molar-refractivity contribution >= 4 is 11.8 Å². The highest BCUT2D eigenvalue weighted by molar-refractivity contribution is 5.96. The zero-order valence-corrected chi connectivity index (χ0v) is 38.9. The Hall–Kier alpha value is -4.04. The van der Waals surface area contributed by atoms with E-state index in [9.17, 15) is 40.2 Å². The number of nitrogens with one attached hydrogen (secondary N) is 2. The summed E-state index contributed by atoms with van der Waals surface area (Å²) in [6.07, 6.45) is 23.9. The molecule has 3 aromatic carbocycles. The molecule has 3 aromatic rings. The predicted molar refractivity (Wildman–Crippen MR) is 255 cm³/mol. The third-order valence-corrected chi connectivity index (χ3v) is 12.1. The highest BCUT2D eigenvalue weighted by atomic mass is 16.5. The van der Waals surface area contributed by atoms with Crippen LogP contribution in [-0.2, 0) is 0 Å². The van der Waals surface area contributed by atoms with Gasteiger partial charge in [-0.15, -0.1) is 0 Å². The van der Waals surface area contributed by atoms with Crippen LogP contribution in [0.25, 0.3) is 22.3 Å². The first-order valence-electron chi connectivity index (χ1n) is 24.1. The van der Waals surface area contributed by atoms with E-state index in [4.69, 9.17) is 9.47 Å². The van der Waals surface area contributed by atoms with Crippen molar-refractivity contribution in [2.45, 2.75) is 153 Å². The van der Waals surface area contributed by atoms with Crippen molar-refractivity contribution in [1.29, 1.82) is 0 Å². The number of aliphatic hydroxyl groups is 6. The molecule has 0 radical (unpaired) electrons. The number of hydrogen-bond donors (Lipinski definition) is 8. The molecular weight excluding hydrogens is 813 g/mol. The molecule has 0 heterocycles. The Balaban J connectivity index is 1.93. The summed E-state index contributed by atoms with van der Waals surface area (Å²) in [5, 5.41) is 63.7. The second-order valence-electron chi connectivity index (χ2n) is 17.5. The average Bonchev–Trinajstić information content (AvgIpc) is 3.33. The number of hydrogen-bond acceptors (Lipinski definition) is 10. The lowest BCUT2D eigenvalue weighted by molar-refractivity contribution is 0.0375. The number of rotatable bonds is 36. The Bertz CT molecular complexity index is 1580. The van der Waals surface area contributed by atoms with Gasteiger partial charge >= 0.3 is 0 Å². The van der Waals surface area contributed by atoms with Gasteiger partial charge in [-0.1, -0.05) is 154 Å². The van der Waals surface area contributed by atoms with Crippen molar-refractivity contribution in [1.82, 2.24) is 10.6 Å². The van der Waals surface area contributed by atoms with Crippen LogP contribution in [-0.4, -0.2) is 106 Å². The van der Waals surface area contributed by atoms with Gasteiger partial charge in [0.25, 0.3) is 11.8 Å². The number of amides is 2.